The molecule has 2 aromatic rings. The topological polar surface area (TPSA) is 128 Å². The summed E-state index contributed by atoms with van der Waals surface area (Å²) >= 11 is 5.72. The Morgan fingerprint density at radius 1 is 1.38 bits per heavy atom. The van der Waals surface area contributed by atoms with Crippen molar-refractivity contribution in [1.29, 1.82) is 0 Å². The van der Waals surface area contributed by atoms with Crippen LogP contribution < -0.4 is 15.8 Å². The van der Waals surface area contributed by atoms with E-state index in [1.807, 2.05) is 0 Å². The van der Waals surface area contributed by atoms with Crippen LogP contribution in [-0.2, 0) is 16.0 Å². The number of primary amides is 1. The summed E-state index contributed by atoms with van der Waals surface area (Å²) in [7, 11) is 0. The quantitative estimate of drug-likeness (QED) is 0.576. The van der Waals surface area contributed by atoms with Crippen molar-refractivity contribution in [2.45, 2.75) is 63.2 Å². The number of nitrogens with two attached hydrogens (primary N) is 1. The normalized spacial score (nSPS) is 27.7. The summed E-state index contributed by atoms with van der Waals surface area (Å²) in [5, 5.41) is 17.8. The first-order valence-electron chi connectivity index (χ1n) is 10.4. The molecule has 2 bridgehead atoms. The molecule has 32 heavy (non-hydrogen) atoms. The number of aryl methyl sites for hydroxylation is 1. The first-order valence-corrected chi connectivity index (χ1v) is 10.8. The van der Waals surface area contributed by atoms with E-state index in [4.69, 9.17) is 26.6 Å². The van der Waals surface area contributed by atoms with Crippen LogP contribution in [0.25, 0.3) is 0 Å². The molecule has 1 aromatic heterocycles. The predicted molar refractivity (Wildman–Crippen MR) is 112 cm³/mol. The number of aliphatic hydroxyl groups excluding tert-OH is 1. The first kappa shape index (κ1) is 22.5. The second-order valence-electron chi connectivity index (χ2n) is 8.87. The molecule has 8 nitrogen and oxygen atoms in total. The van der Waals surface area contributed by atoms with Gasteiger partial charge in [0, 0.05) is 23.1 Å². The average molecular weight is 466 g/mol. The number of nitrogens with one attached hydrogen (secondary N) is 1. The highest BCUT2D eigenvalue weighted by atomic mass is 35.5. The summed E-state index contributed by atoms with van der Waals surface area (Å²) in [5.74, 6) is -1.06. The van der Waals surface area contributed by atoms with Crippen molar-refractivity contribution < 1.29 is 28.3 Å². The summed E-state index contributed by atoms with van der Waals surface area (Å²) in [5.41, 5.74) is 4.84. The van der Waals surface area contributed by atoms with Gasteiger partial charge in [-0.15, -0.1) is 0 Å². The maximum Gasteiger partial charge on any atom is 0.259 e. The average Bonchev–Trinajstić information content (AvgIpc) is 3.13. The van der Waals surface area contributed by atoms with Gasteiger partial charge in [-0.1, -0.05) is 16.8 Å². The maximum atomic E-state index is 13.8. The molecule has 2 unspecified atom stereocenters. The number of nitrogens with zero attached hydrogens (tertiary/aromatic N) is 1. The number of carbonyl (C=O) groups is 2. The van der Waals surface area contributed by atoms with E-state index in [1.54, 1.807) is 13.0 Å². The molecule has 0 spiro atoms. The van der Waals surface area contributed by atoms with E-state index in [2.05, 4.69) is 10.5 Å². The summed E-state index contributed by atoms with van der Waals surface area (Å²) in [6, 6.07) is 5.57. The zero-order valence-corrected chi connectivity index (χ0v) is 18.3. The van der Waals surface area contributed by atoms with Crippen LogP contribution in [0, 0.1) is 18.2 Å². The lowest BCUT2D eigenvalue weighted by Gasteiger charge is -2.57. The van der Waals surface area contributed by atoms with Crippen LogP contribution in [0.1, 0.15) is 43.6 Å². The van der Waals surface area contributed by atoms with Crippen LogP contribution in [0.2, 0.25) is 5.02 Å². The van der Waals surface area contributed by atoms with Crippen molar-refractivity contribution in [3.8, 4) is 5.75 Å². The van der Waals surface area contributed by atoms with Crippen molar-refractivity contribution in [2.24, 2.45) is 11.1 Å². The fraction of sp³-hybridized carbons (Fsp3) is 0.500. The number of rotatable bonds is 7. The number of halogens is 2. The Morgan fingerprint density at radius 2 is 2.09 bits per heavy atom. The van der Waals surface area contributed by atoms with Gasteiger partial charge in [0.05, 0.1) is 23.2 Å². The number of amides is 2. The Bertz CT molecular complexity index is 1030. The molecule has 3 aliphatic rings. The molecule has 5 rings (SSSR count). The lowest BCUT2D eigenvalue weighted by Crippen LogP contribution is -2.67. The minimum Gasteiger partial charge on any atom is -0.480 e. The Morgan fingerprint density at radius 3 is 2.66 bits per heavy atom. The predicted octanol–water partition coefficient (Wildman–Crippen LogP) is 2.43. The number of ether oxygens (including phenoxy) is 1. The van der Waals surface area contributed by atoms with Gasteiger partial charge in [-0.05, 0) is 51.2 Å². The molecule has 3 aliphatic carbocycles. The Balaban J connectivity index is 1.48. The summed E-state index contributed by atoms with van der Waals surface area (Å²) in [6.45, 7) is 1.78. The smallest absolute Gasteiger partial charge is 0.259 e. The van der Waals surface area contributed by atoms with E-state index >= 15 is 0 Å². The van der Waals surface area contributed by atoms with Crippen LogP contribution in [0.15, 0.2) is 28.8 Å². The molecule has 0 radical (unpaired) electrons. The monoisotopic (exact) mass is 465 g/mol. The Kier molecular flexibility index (Phi) is 5.89. The van der Waals surface area contributed by atoms with Crippen molar-refractivity contribution in [2.75, 3.05) is 0 Å². The fourth-order valence-electron chi connectivity index (χ4n) is 5.06. The van der Waals surface area contributed by atoms with Crippen molar-refractivity contribution >= 4 is 23.4 Å². The molecule has 3 saturated carbocycles. The summed E-state index contributed by atoms with van der Waals surface area (Å²) in [4.78, 5) is 24.9. The lowest BCUT2D eigenvalue weighted by atomic mass is 9.53. The highest BCUT2D eigenvalue weighted by Crippen LogP contribution is 2.55. The van der Waals surface area contributed by atoms with E-state index in [0.29, 0.717) is 37.1 Å². The highest BCUT2D eigenvalue weighted by molar-refractivity contribution is 6.30. The van der Waals surface area contributed by atoms with Gasteiger partial charge in [-0.2, -0.15) is 0 Å². The van der Waals surface area contributed by atoms with Gasteiger partial charge in [-0.3, -0.25) is 9.59 Å². The van der Waals surface area contributed by atoms with E-state index in [0.717, 1.165) is 6.07 Å². The van der Waals surface area contributed by atoms with E-state index in [-0.39, 0.29) is 29.5 Å². The third-order valence-corrected chi connectivity index (χ3v) is 7.03. The molecule has 2 amide bonds. The molecule has 172 valence electrons. The van der Waals surface area contributed by atoms with Gasteiger partial charge in [0.25, 0.3) is 5.91 Å². The molecule has 2 atom stereocenters. The van der Waals surface area contributed by atoms with Crippen molar-refractivity contribution in [3.63, 3.8) is 0 Å². The number of hydrogen-bond donors (Lipinski definition) is 3. The molecule has 10 heteroatoms. The van der Waals surface area contributed by atoms with Crippen LogP contribution in [-0.4, -0.2) is 39.8 Å². The van der Waals surface area contributed by atoms with Gasteiger partial charge in [0.15, 0.2) is 6.10 Å². The zero-order valence-electron chi connectivity index (χ0n) is 17.6. The SMILES string of the molecule is Cc1cc(CC(=O)NC23CCC(C(Oc4ccc(Cl)c(F)c4)C(N)=O)(CC2)C(O)C3)on1. The molecule has 1 aromatic carbocycles. The Labute approximate surface area is 189 Å². The van der Waals surface area contributed by atoms with Gasteiger partial charge in [-0.25, -0.2) is 4.39 Å². The molecule has 0 saturated heterocycles. The lowest BCUT2D eigenvalue weighted by molar-refractivity contribution is -0.164. The molecular weight excluding hydrogens is 441 g/mol. The third kappa shape index (κ3) is 4.19. The molecule has 3 fully saturated rings. The van der Waals surface area contributed by atoms with E-state index in [1.165, 1.54) is 12.1 Å². The van der Waals surface area contributed by atoms with Gasteiger partial charge in [0.2, 0.25) is 5.91 Å². The van der Waals surface area contributed by atoms with Crippen LogP contribution >= 0.6 is 11.6 Å². The molecule has 1 heterocycles. The fourth-order valence-corrected chi connectivity index (χ4v) is 5.18. The van der Waals surface area contributed by atoms with Crippen molar-refractivity contribution in [3.05, 3.63) is 46.6 Å². The number of hydrogen-bond acceptors (Lipinski definition) is 6. The standard InChI is InChI=1S/C22H25ClFN3O5/c1-12-8-14(32-27-12)10-18(29)26-21-4-6-22(7-5-21,17(28)11-21)19(20(25)30)31-13-2-3-15(23)16(24)9-13/h2-3,8-9,17,19,28H,4-7,10-11H2,1H3,(H2,25,30)(H,26,29). The number of carbonyl (C=O) groups excluding carboxylic acids is 2. The molecular formula is C22H25ClFN3O5. The first-order chi connectivity index (χ1) is 15.1. The van der Waals surface area contributed by atoms with E-state index in [9.17, 15) is 19.1 Å². The third-order valence-electron chi connectivity index (χ3n) is 6.73. The van der Waals surface area contributed by atoms with Gasteiger partial charge in [0.1, 0.15) is 17.3 Å². The van der Waals surface area contributed by atoms with Crippen LogP contribution in [0.3, 0.4) is 0 Å². The highest BCUT2D eigenvalue weighted by Gasteiger charge is 2.60. The number of fused-ring (bicyclic) bond motifs is 3. The van der Waals surface area contributed by atoms with E-state index < -0.39 is 34.9 Å². The summed E-state index contributed by atoms with van der Waals surface area (Å²) in [6.07, 6.45) is 0.159. The summed E-state index contributed by atoms with van der Waals surface area (Å²) < 4.78 is 24.7. The van der Waals surface area contributed by atoms with Crippen molar-refractivity contribution in [1.82, 2.24) is 10.5 Å². The minimum absolute atomic E-state index is 0.0545. The zero-order chi connectivity index (χ0) is 23.1. The second-order valence-corrected chi connectivity index (χ2v) is 9.28. The number of benzene rings is 1. The van der Waals surface area contributed by atoms with Crippen LogP contribution in [0.5, 0.6) is 5.75 Å². The molecule has 0 aliphatic heterocycles. The number of aliphatic hydroxyl groups is 1. The van der Waals surface area contributed by atoms with Crippen LogP contribution in [0.4, 0.5) is 4.39 Å². The Hall–Kier alpha value is -2.65. The van der Waals surface area contributed by atoms with Gasteiger partial charge < -0.3 is 25.4 Å². The second kappa shape index (κ2) is 8.37. The number of aromatic nitrogens is 1. The largest absolute Gasteiger partial charge is 0.480 e. The maximum absolute atomic E-state index is 13.8. The minimum atomic E-state index is -1.15. The van der Waals surface area contributed by atoms with Gasteiger partial charge >= 0.3 is 0 Å². The molecule has 4 N–H and O–H groups in total.